The predicted octanol–water partition coefficient (Wildman–Crippen LogP) is 3.27. The van der Waals surface area contributed by atoms with Crippen LogP contribution in [0.4, 0.5) is 17.1 Å². The highest BCUT2D eigenvalue weighted by Gasteiger charge is 2.09. The van der Waals surface area contributed by atoms with Crippen LogP contribution in [0.15, 0.2) is 42.5 Å². The molecule has 0 aliphatic heterocycles. The number of benzene rings is 2. The molecule has 0 aliphatic carbocycles. The molecule has 2 aromatic carbocycles. The van der Waals surface area contributed by atoms with Gasteiger partial charge in [0.25, 0.3) is 11.6 Å². The summed E-state index contributed by atoms with van der Waals surface area (Å²) in [6.07, 6.45) is 0.360. The lowest BCUT2D eigenvalue weighted by molar-refractivity contribution is -0.384. The molecule has 0 atom stereocenters. The van der Waals surface area contributed by atoms with Gasteiger partial charge in [0.15, 0.2) is 6.61 Å². The molecule has 0 spiro atoms. The van der Waals surface area contributed by atoms with Gasteiger partial charge in [0, 0.05) is 29.9 Å². The predicted molar refractivity (Wildman–Crippen MR) is 97.3 cm³/mol. The second-order valence-corrected chi connectivity index (χ2v) is 5.52. The van der Waals surface area contributed by atoms with E-state index in [0.717, 1.165) is 5.56 Å². The molecule has 0 unspecified atom stereocenters. The summed E-state index contributed by atoms with van der Waals surface area (Å²) in [6.45, 7) is 3.36. The van der Waals surface area contributed by atoms with Crippen LogP contribution in [0, 0.1) is 17.0 Å². The van der Waals surface area contributed by atoms with Crippen LogP contribution in [0.1, 0.15) is 18.9 Å². The van der Waals surface area contributed by atoms with Crippen molar-refractivity contribution < 1.29 is 19.2 Å². The lowest BCUT2D eigenvalue weighted by Gasteiger charge is -2.11. The Hall–Kier alpha value is -3.42. The van der Waals surface area contributed by atoms with Crippen LogP contribution in [0.5, 0.6) is 5.75 Å². The van der Waals surface area contributed by atoms with Crippen LogP contribution in [0.25, 0.3) is 0 Å². The van der Waals surface area contributed by atoms with E-state index in [2.05, 4.69) is 10.6 Å². The van der Waals surface area contributed by atoms with Crippen LogP contribution in [0.2, 0.25) is 0 Å². The van der Waals surface area contributed by atoms with E-state index in [1.165, 1.54) is 24.3 Å². The third kappa shape index (κ3) is 5.30. The van der Waals surface area contributed by atoms with Crippen molar-refractivity contribution in [3.05, 3.63) is 58.1 Å². The highest BCUT2D eigenvalue weighted by Crippen LogP contribution is 2.21. The van der Waals surface area contributed by atoms with E-state index in [-0.39, 0.29) is 24.1 Å². The number of nitro benzene ring substituents is 1. The Labute approximate surface area is 150 Å². The lowest BCUT2D eigenvalue weighted by Crippen LogP contribution is -2.20. The summed E-state index contributed by atoms with van der Waals surface area (Å²) >= 11 is 0. The number of anilines is 2. The fraction of sp³-hybridized carbons (Fsp3) is 0.222. The first-order valence-electron chi connectivity index (χ1n) is 7.96. The highest BCUT2D eigenvalue weighted by molar-refractivity contribution is 5.95. The quantitative estimate of drug-likeness (QED) is 0.583. The van der Waals surface area contributed by atoms with Gasteiger partial charge in [-0.05, 0) is 36.8 Å². The van der Waals surface area contributed by atoms with Crippen molar-refractivity contribution in [2.24, 2.45) is 0 Å². The van der Waals surface area contributed by atoms with E-state index in [1.807, 2.05) is 6.92 Å². The van der Waals surface area contributed by atoms with Gasteiger partial charge in [0.2, 0.25) is 5.91 Å². The SMILES string of the molecule is CCC(=O)Nc1cc(NC(=O)COc2ccc([N+](=O)[O-])cc2)ccc1C. The first kappa shape index (κ1) is 18.9. The molecule has 136 valence electrons. The van der Waals surface area contributed by atoms with E-state index >= 15 is 0 Å². The summed E-state index contributed by atoms with van der Waals surface area (Å²) in [5.74, 6) is -0.149. The summed E-state index contributed by atoms with van der Waals surface area (Å²) < 4.78 is 5.31. The number of carbonyl (C=O) groups is 2. The van der Waals surface area contributed by atoms with Gasteiger partial charge in [-0.25, -0.2) is 0 Å². The number of nitrogens with zero attached hydrogens (tertiary/aromatic N) is 1. The maximum Gasteiger partial charge on any atom is 0.269 e. The van der Waals surface area contributed by atoms with Crippen LogP contribution < -0.4 is 15.4 Å². The molecule has 2 N–H and O–H groups in total. The normalized spacial score (nSPS) is 10.1. The zero-order valence-electron chi connectivity index (χ0n) is 14.4. The Balaban J connectivity index is 1.94. The molecule has 8 heteroatoms. The minimum atomic E-state index is -0.511. The van der Waals surface area contributed by atoms with E-state index < -0.39 is 4.92 Å². The molecule has 0 fully saturated rings. The monoisotopic (exact) mass is 357 g/mol. The number of aryl methyl sites for hydroxylation is 1. The molecule has 8 nitrogen and oxygen atoms in total. The first-order chi connectivity index (χ1) is 12.4. The fourth-order valence-electron chi connectivity index (χ4n) is 2.08. The molecule has 0 aromatic heterocycles. The summed E-state index contributed by atoms with van der Waals surface area (Å²) in [5, 5.41) is 16.0. The van der Waals surface area contributed by atoms with E-state index in [1.54, 1.807) is 25.1 Å². The number of nitrogens with one attached hydrogen (secondary N) is 2. The van der Waals surface area contributed by atoms with Crippen molar-refractivity contribution in [2.45, 2.75) is 20.3 Å². The number of ether oxygens (including phenoxy) is 1. The lowest BCUT2D eigenvalue weighted by atomic mass is 10.1. The molecule has 0 bridgehead atoms. The van der Waals surface area contributed by atoms with Crippen molar-refractivity contribution in [3.8, 4) is 5.75 Å². The average molecular weight is 357 g/mol. The summed E-state index contributed by atoms with van der Waals surface area (Å²) in [6, 6.07) is 10.6. The summed E-state index contributed by atoms with van der Waals surface area (Å²) in [7, 11) is 0. The van der Waals surface area contributed by atoms with E-state index in [0.29, 0.717) is 23.5 Å². The second kappa shape index (κ2) is 8.61. The minimum absolute atomic E-state index is 0.0527. The molecule has 2 amide bonds. The minimum Gasteiger partial charge on any atom is -0.484 e. The van der Waals surface area contributed by atoms with Crippen LogP contribution >= 0.6 is 0 Å². The zero-order valence-corrected chi connectivity index (χ0v) is 14.4. The number of hydrogen-bond donors (Lipinski definition) is 2. The standard InChI is InChI=1S/C18H19N3O5/c1-3-17(22)20-16-10-13(5-4-12(16)2)19-18(23)11-26-15-8-6-14(7-9-15)21(24)25/h4-10H,3,11H2,1-2H3,(H,19,23)(H,20,22). The molecule has 2 aromatic rings. The smallest absolute Gasteiger partial charge is 0.269 e. The van der Waals surface area contributed by atoms with E-state index in [9.17, 15) is 19.7 Å². The topological polar surface area (TPSA) is 111 Å². The van der Waals surface area contributed by atoms with Crippen LogP contribution in [0.3, 0.4) is 0 Å². The Morgan fingerprint density at radius 3 is 2.38 bits per heavy atom. The Morgan fingerprint density at radius 1 is 1.08 bits per heavy atom. The van der Waals surface area contributed by atoms with Crippen LogP contribution in [-0.2, 0) is 9.59 Å². The molecule has 2 rings (SSSR count). The molecule has 0 aliphatic rings. The van der Waals surface area contributed by atoms with Crippen molar-refractivity contribution in [1.82, 2.24) is 0 Å². The fourth-order valence-corrected chi connectivity index (χ4v) is 2.08. The molecule has 0 radical (unpaired) electrons. The maximum atomic E-state index is 12.0. The summed E-state index contributed by atoms with van der Waals surface area (Å²) in [5.41, 5.74) is 1.99. The van der Waals surface area contributed by atoms with Crippen molar-refractivity contribution >= 4 is 28.9 Å². The number of amides is 2. The Bertz CT molecular complexity index is 818. The second-order valence-electron chi connectivity index (χ2n) is 5.52. The third-order valence-electron chi connectivity index (χ3n) is 3.53. The Kier molecular flexibility index (Phi) is 6.26. The molecular weight excluding hydrogens is 338 g/mol. The van der Waals surface area contributed by atoms with Gasteiger partial charge in [0.1, 0.15) is 5.75 Å². The van der Waals surface area contributed by atoms with Crippen molar-refractivity contribution in [3.63, 3.8) is 0 Å². The molecule has 26 heavy (non-hydrogen) atoms. The number of hydrogen-bond acceptors (Lipinski definition) is 5. The number of rotatable bonds is 7. The number of carbonyl (C=O) groups excluding carboxylic acids is 2. The molecule has 0 saturated carbocycles. The van der Waals surface area contributed by atoms with Gasteiger partial charge in [-0.15, -0.1) is 0 Å². The molecule has 0 saturated heterocycles. The zero-order chi connectivity index (χ0) is 19.1. The van der Waals surface area contributed by atoms with Crippen LogP contribution in [-0.4, -0.2) is 23.3 Å². The van der Waals surface area contributed by atoms with Crippen molar-refractivity contribution in [2.75, 3.05) is 17.2 Å². The maximum absolute atomic E-state index is 12.0. The van der Waals surface area contributed by atoms with Gasteiger partial charge >= 0.3 is 0 Å². The van der Waals surface area contributed by atoms with E-state index in [4.69, 9.17) is 4.74 Å². The molecule has 0 heterocycles. The Morgan fingerprint density at radius 2 is 1.77 bits per heavy atom. The van der Waals surface area contributed by atoms with Gasteiger partial charge in [-0.1, -0.05) is 13.0 Å². The van der Waals surface area contributed by atoms with Gasteiger partial charge < -0.3 is 15.4 Å². The largest absolute Gasteiger partial charge is 0.484 e. The number of non-ortho nitro benzene ring substituents is 1. The van der Waals surface area contributed by atoms with Gasteiger partial charge in [0.05, 0.1) is 4.92 Å². The number of nitro groups is 1. The average Bonchev–Trinajstić information content (AvgIpc) is 2.63. The highest BCUT2D eigenvalue weighted by atomic mass is 16.6. The summed E-state index contributed by atoms with van der Waals surface area (Å²) in [4.78, 5) is 33.6. The molecular formula is C18H19N3O5. The van der Waals surface area contributed by atoms with Gasteiger partial charge in [-0.2, -0.15) is 0 Å². The third-order valence-corrected chi connectivity index (χ3v) is 3.53. The first-order valence-corrected chi connectivity index (χ1v) is 7.96. The van der Waals surface area contributed by atoms with Crippen molar-refractivity contribution in [1.29, 1.82) is 0 Å². The van der Waals surface area contributed by atoms with Gasteiger partial charge in [-0.3, -0.25) is 19.7 Å².